The summed E-state index contributed by atoms with van der Waals surface area (Å²) in [5.74, 6) is 1.25. The Kier molecular flexibility index (Phi) is 4.10. The van der Waals surface area contributed by atoms with Gasteiger partial charge >= 0.3 is 0 Å². The summed E-state index contributed by atoms with van der Waals surface area (Å²) in [4.78, 5) is 4.14. The van der Waals surface area contributed by atoms with E-state index in [0.29, 0.717) is 23.6 Å². The van der Waals surface area contributed by atoms with Crippen LogP contribution in [0.5, 0.6) is 0 Å². The highest BCUT2D eigenvalue weighted by molar-refractivity contribution is 7.92. The Morgan fingerprint density at radius 1 is 1.25 bits per heavy atom. The molecule has 0 atom stereocenters. The third-order valence-corrected chi connectivity index (χ3v) is 4.40. The number of furan rings is 1. The molecule has 0 fully saturated rings. The molecular weight excluding hydrogens is 278 g/mol. The highest BCUT2D eigenvalue weighted by atomic mass is 32.2. The zero-order chi connectivity index (χ0) is 14.8. The molecule has 6 nitrogen and oxygen atoms in total. The second-order valence-electron chi connectivity index (χ2n) is 4.37. The second kappa shape index (κ2) is 5.64. The molecule has 0 amide bonds. The number of nitrogens with zero attached hydrogens (tertiary/aromatic N) is 1. The van der Waals surface area contributed by atoms with E-state index in [2.05, 4.69) is 15.0 Å². The van der Waals surface area contributed by atoms with Crippen LogP contribution in [0.4, 0.5) is 5.82 Å². The largest absolute Gasteiger partial charge is 0.465 e. The molecule has 0 saturated heterocycles. The molecule has 0 aliphatic heterocycles. The first-order chi connectivity index (χ1) is 9.45. The van der Waals surface area contributed by atoms with Crippen molar-refractivity contribution in [1.82, 2.24) is 10.3 Å². The first-order valence-electron chi connectivity index (χ1n) is 6.13. The van der Waals surface area contributed by atoms with E-state index in [0.717, 1.165) is 0 Å². The van der Waals surface area contributed by atoms with Crippen molar-refractivity contribution in [3.8, 4) is 0 Å². The highest BCUT2D eigenvalue weighted by Crippen LogP contribution is 2.27. The van der Waals surface area contributed by atoms with Crippen LogP contribution in [0.2, 0.25) is 0 Å². The molecule has 2 heterocycles. The molecule has 2 aromatic rings. The van der Waals surface area contributed by atoms with Crippen molar-refractivity contribution in [2.45, 2.75) is 25.3 Å². The minimum Gasteiger partial charge on any atom is -0.465 e. The maximum absolute atomic E-state index is 12.5. The lowest BCUT2D eigenvalue weighted by atomic mass is 10.2. The molecule has 20 heavy (non-hydrogen) atoms. The first-order valence-corrected chi connectivity index (χ1v) is 7.61. The van der Waals surface area contributed by atoms with Gasteiger partial charge in [0.25, 0.3) is 10.0 Å². The fourth-order valence-electron chi connectivity index (χ4n) is 2.05. The van der Waals surface area contributed by atoms with Crippen LogP contribution in [0.15, 0.2) is 33.7 Å². The lowest BCUT2D eigenvalue weighted by molar-refractivity contribution is 0.494. The molecule has 2 N–H and O–H groups in total. The van der Waals surface area contributed by atoms with Gasteiger partial charge in [-0.3, -0.25) is 4.72 Å². The van der Waals surface area contributed by atoms with Crippen LogP contribution < -0.4 is 10.0 Å². The third-order valence-electron chi connectivity index (χ3n) is 2.85. The molecule has 0 aliphatic carbocycles. The van der Waals surface area contributed by atoms with Crippen molar-refractivity contribution in [3.05, 3.63) is 41.5 Å². The Morgan fingerprint density at radius 2 is 2.00 bits per heavy atom. The maximum Gasteiger partial charge on any atom is 0.266 e. The van der Waals surface area contributed by atoms with E-state index in [1.807, 2.05) is 0 Å². The summed E-state index contributed by atoms with van der Waals surface area (Å²) in [6, 6.07) is 5.03. The average Bonchev–Trinajstić information content (AvgIpc) is 2.66. The molecule has 0 bridgehead atoms. The molecule has 0 spiro atoms. The first kappa shape index (κ1) is 14.5. The lowest BCUT2D eigenvalue weighted by Crippen LogP contribution is -2.17. The number of anilines is 1. The van der Waals surface area contributed by atoms with Gasteiger partial charge in [-0.1, -0.05) is 6.07 Å². The molecule has 0 unspecified atom stereocenters. The van der Waals surface area contributed by atoms with E-state index in [1.54, 1.807) is 39.1 Å². The van der Waals surface area contributed by atoms with Crippen LogP contribution in [-0.4, -0.2) is 20.4 Å². The number of hydrogen-bond donors (Lipinski definition) is 2. The Morgan fingerprint density at radius 3 is 2.60 bits per heavy atom. The van der Waals surface area contributed by atoms with E-state index in [-0.39, 0.29) is 10.7 Å². The fraction of sp³-hybridized carbons (Fsp3) is 0.308. The van der Waals surface area contributed by atoms with Gasteiger partial charge in [0.05, 0.1) is 0 Å². The number of rotatable bonds is 5. The van der Waals surface area contributed by atoms with Gasteiger partial charge in [-0.2, -0.15) is 0 Å². The summed E-state index contributed by atoms with van der Waals surface area (Å²) in [7, 11) is -1.97. The van der Waals surface area contributed by atoms with Crippen LogP contribution >= 0.6 is 0 Å². The van der Waals surface area contributed by atoms with E-state index in [9.17, 15) is 8.42 Å². The van der Waals surface area contributed by atoms with Crippen LogP contribution in [0.3, 0.4) is 0 Å². The number of aryl methyl sites for hydroxylation is 2. The van der Waals surface area contributed by atoms with Gasteiger partial charge in [0.15, 0.2) is 0 Å². The summed E-state index contributed by atoms with van der Waals surface area (Å²) < 4.78 is 32.9. The Labute approximate surface area is 118 Å². The van der Waals surface area contributed by atoms with Crippen LogP contribution in [0, 0.1) is 13.8 Å². The molecule has 0 aliphatic rings. The van der Waals surface area contributed by atoms with Crippen molar-refractivity contribution in [3.63, 3.8) is 0 Å². The number of aromatic nitrogens is 1. The molecule has 0 saturated carbocycles. The van der Waals surface area contributed by atoms with Gasteiger partial charge in [0.2, 0.25) is 0 Å². The van der Waals surface area contributed by atoms with Gasteiger partial charge in [-0.05, 0) is 33.0 Å². The minimum atomic E-state index is -3.72. The minimum absolute atomic E-state index is 0.176. The molecule has 2 aromatic heterocycles. The molecule has 7 heteroatoms. The monoisotopic (exact) mass is 295 g/mol. The Balaban J connectivity index is 2.44. The average molecular weight is 295 g/mol. The van der Waals surface area contributed by atoms with Crippen molar-refractivity contribution < 1.29 is 12.8 Å². The molecule has 108 valence electrons. The number of sulfonamides is 1. The third kappa shape index (κ3) is 2.83. The summed E-state index contributed by atoms with van der Waals surface area (Å²) in [5, 5.41) is 2.95. The molecule has 0 aromatic carbocycles. The van der Waals surface area contributed by atoms with Gasteiger partial charge in [0.1, 0.15) is 22.2 Å². The highest BCUT2D eigenvalue weighted by Gasteiger charge is 2.26. The Hall–Kier alpha value is -1.86. The zero-order valence-corrected chi connectivity index (χ0v) is 12.4. The van der Waals surface area contributed by atoms with Crippen LogP contribution in [-0.2, 0) is 16.6 Å². The zero-order valence-electron chi connectivity index (χ0n) is 11.6. The number of hydrogen-bond acceptors (Lipinski definition) is 5. The van der Waals surface area contributed by atoms with Gasteiger partial charge in [-0.25, -0.2) is 13.4 Å². The quantitative estimate of drug-likeness (QED) is 0.879. The SMILES string of the molecule is CNCc1c(C)oc(C)c1S(=O)(=O)Nc1ccccn1. The van der Waals surface area contributed by atoms with Crippen molar-refractivity contribution >= 4 is 15.8 Å². The number of nitrogens with one attached hydrogen (secondary N) is 2. The van der Waals surface area contributed by atoms with Gasteiger partial charge in [0, 0.05) is 18.3 Å². The Bertz CT molecular complexity index is 693. The number of pyridine rings is 1. The van der Waals surface area contributed by atoms with Crippen LogP contribution in [0.25, 0.3) is 0 Å². The predicted molar refractivity (Wildman–Crippen MR) is 76.0 cm³/mol. The maximum atomic E-state index is 12.5. The molecule has 0 radical (unpaired) electrons. The normalized spacial score (nSPS) is 11.6. The second-order valence-corrected chi connectivity index (χ2v) is 5.99. The summed E-state index contributed by atoms with van der Waals surface area (Å²) >= 11 is 0. The summed E-state index contributed by atoms with van der Waals surface area (Å²) in [6.07, 6.45) is 1.53. The predicted octanol–water partition coefficient (Wildman–Crippen LogP) is 1.81. The molecular formula is C13H17N3O3S. The van der Waals surface area contributed by atoms with E-state index in [4.69, 9.17) is 4.42 Å². The summed E-state index contributed by atoms with van der Waals surface area (Å²) in [6.45, 7) is 3.81. The fourth-order valence-corrected chi connectivity index (χ4v) is 3.51. The molecule has 2 rings (SSSR count). The van der Waals surface area contributed by atoms with Crippen LogP contribution in [0.1, 0.15) is 17.1 Å². The van der Waals surface area contributed by atoms with E-state index < -0.39 is 10.0 Å². The van der Waals surface area contributed by atoms with Crippen molar-refractivity contribution in [2.75, 3.05) is 11.8 Å². The van der Waals surface area contributed by atoms with Crippen molar-refractivity contribution in [2.24, 2.45) is 0 Å². The standard InChI is InChI=1S/C13H17N3O3S/c1-9-11(8-14-3)13(10(2)19-9)20(17,18)16-12-6-4-5-7-15-12/h4-7,14H,8H2,1-3H3,(H,15,16). The lowest BCUT2D eigenvalue weighted by Gasteiger charge is -2.08. The smallest absolute Gasteiger partial charge is 0.266 e. The summed E-state index contributed by atoms with van der Waals surface area (Å²) in [5.41, 5.74) is 0.633. The van der Waals surface area contributed by atoms with Gasteiger partial charge < -0.3 is 9.73 Å². The van der Waals surface area contributed by atoms with Crippen molar-refractivity contribution in [1.29, 1.82) is 0 Å². The van der Waals surface area contributed by atoms with E-state index >= 15 is 0 Å². The van der Waals surface area contributed by atoms with Gasteiger partial charge in [-0.15, -0.1) is 0 Å². The van der Waals surface area contributed by atoms with E-state index in [1.165, 1.54) is 6.20 Å². The topological polar surface area (TPSA) is 84.2 Å².